The molecule has 150 valence electrons. The molecular weight excluding hydrogens is 412 g/mol. The highest BCUT2D eigenvalue weighted by atomic mass is 35.5. The van der Waals surface area contributed by atoms with E-state index in [9.17, 15) is 13.2 Å². The summed E-state index contributed by atoms with van der Waals surface area (Å²) in [6.45, 7) is 1.87. The van der Waals surface area contributed by atoms with Crippen molar-refractivity contribution in [3.8, 4) is 5.75 Å². The number of ether oxygens (including phenoxy) is 1. The summed E-state index contributed by atoms with van der Waals surface area (Å²) >= 11 is 6.17. The molecule has 0 fully saturated rings. The van der Waals surface area contributed by atoms with Gasteiger partial charge in [-0.25, -0.2) is 8.42 Å². The molecular formula is C21H19ClN2O4S. The summed E-state index contributed by atoms with van der Waals surface area (Å²) in [5, 5.41) is 2.91. The smallest absolute Gasteiger partial charge is 0.261 e. The molecule has 0 saturated carbocycles. The first-order chi connectivity index (χ1) is 13.8. The maximum atomic E-state index is 12.7. The molecule has 0 spiro atoms. The van der Waals surface area contributed by atoms with Gasteiger partial charge in [0, 0.05) is 5.69 Å². The molecule has 0 aliphatic rings. The number of hydrogen-bond acceptors (Lipinski definition) is 4. The number of carbonyl (C=O) groups excluding carboxylic acids is 1. The Labute approximate surface area is 174 Å². The highest BCUT2D eigenvalue weighted by Gasteiger charge is 2.17. The van der Waals surface area contributed by atoms with Crippen LogP contribution < -0.4 is 14.8 Å². The van der Waals surface area contributed by atoms with Gasteiger partial charge in [-0.3, -0.25) is 9.52 Å². The highest BCUT2D eigenvalue weighted by Crippen LogP contribution is 2.27. The Morgan fingerprint density at radius 2 is 1.69 bits per heavy atom. The lowest BCUT2D eigenvalue weighted by atomic mass is 10.2. The predicted molar refractivity (Wildman–Crippen MR) is 114 cm³/mol. The summed E-state index contributed by atoms with van der Waals surface area (Å²) in [4.78, 5) is 12.8. The molecule has 2 N–H and O–H groups in total. The molecule has 6 nitrogen and oxygen atoms in total. The van der Waals surface area contributed by atoms with E-state index in [1.54, 1.807) is 36.4 Å². The first-order valence-corrected chi connectivity index (χ1v) is 10.5. The Morgan fingerprint density at radius 1 is 1.00 bits per heavy atom. The summed E-state index contributed by atoms with van der Waals surface area (Å²) in [6, 6.07) is 17.7. The Hall–Kier alpha value is -3.03. The van der Waals surface area contributed by atoms with E-state index in [1.165, 1.54) is 37.4 Å². The van der Waals surface area contributed by atoms with Crippen molar-refractivity contribution in [2.24, 2.45) is 0 Å². The lowest BCUT2D eigenvalue weighted by Crippen LogP contribution is -2.16. The summed E-state index contributed by atoms with van der Waals surface area (Å²) in [5.74, 6) is 0.00378. The first kappa shape index (κ1) is 20.7. The van der Waals surface area contributed by atoms with Gasteiger partial charge in [0.15, 0.2) is 0 Å². The van der Waals surface area contributed by atoms with E-state index in [4.69, 9.17) is 16.3 Å². The van der Waals surface area contributed by atoms with Crippen LogP contribution in [0.1, 0.15) is 15.9 Å². The largest absolute Gasteiger partial charge is 0.495 e. The van der Waals surface area contributed by atoms with Gasteiger partial charge < -0.3 is 10.1 Å². The van der Waals surface area contributed by atoms with Gasteiger partial charge in [0.2, 0.25) is 0 Å². The van der Waals surface area contributed by atoms with E-state index in [-0.39, 0.29) is 21.2 Å². The van der Waals surface area contributed by atoms with Crippen LogP contribution in [-0.2, 0) is 10.0 Å². The Kier molecular flexibility index (Phi) is 6.10. The second-order valence-corrected chi connectivity index (χ2v) is 8.36. The number of carbonyl (C=O) groups is 1. The van der Waals surface area contributed by atoms with Gasteiger partial charge in [0.1, 0.15) is 5.75 Å². The van der Waals surface area contributed by atoms with Crippen LogP contribution in [0.3, 0.4) is 0 Å². The number of aryl methyl sites for hydroxylation is 1. The Morgan fingerprint density at radius 3 is 2.38 bits per heavy atom. The Bertz CT molecular complexity index is 1150. The van der Waals surface area contributed by atoms with Crippen LogP contribution in [0.15, 0.2) is 71.6 Å². The number of halogens is 1. The number of para-hydroxylation sites is 2. The minimum absolute atomic E-state index is 0.123. The zero-order valence-electron chi connectivity index (χ0n) is 15.8. The number of rotatable bonds is 6. The fraction of sp³-hybridized carbons (Fsp3) is 0.0952. The Balaban J connectivity index is 1.86. The SMILES string of the molecule is COc1ccccc1NC(=O)c1cc(NS(=O)(=O)c2ccc(C)cc2)ccc1Cl. The molecule has 0 atom stereocenters. The molecule has 29 heavy (non-hydrogen) atoms. The zero-order valence-corrected chi connectivity index (χ0v) is 17.3. The van der Waals surface area contributed by atoms with Crippen molar-refractivity contribution in [2.45, 2.75) is 11.8 Å². The third-order valence-electron chi connectivity index (χ3n) is 4.15. The van der Waals surface area contributed by atoms with Crippen molar-refractivity contribution in [3.05, 3.63) is 82.9 Å². The lowest BCUT2D eigenvalue weighted by molar-refractivity contribution is 0.102. The van der Waals surface area contributed by atoms with Crippen molar-refractivity contribution >= 4 is 38.9 Å². The third-order valence-corrected chi connectivity index (χ3v) is 5.88. The quantitative estimate of drug-likeness (QED) is 0.593. The fourth-order valence-corrected chi connectivity index (χ4v) is 3.88. The van der Waals surface area contributed by atoms with Crippen LogP contribution in [0, 0.1) is 6.92 Å². The molecule has 1 amide bonds. The number of amides is 1. The summed E-state index contributed by atoms with van der Waals surface area (Å²) < 4.78 is 32.9. The van der Waals surface area contributed by atoms with Crippen LogP contribution in [0.25, 0.3) is 0 Å². The van der Waals surface area contributed by atoms with Crippen LogP contribution in [0.4, 0.5) is 11.4 Å². The third kappa shape index (κ3) is 4.88. The number of nitrogens with one attached hydrogen (secondary N) is 2. The molecule has 3 aromatic carbocycles. The summed E-state index contributed by atoms with van der Waals surface area (Å²) in [6.07, 6.45) is 0. The second kappa shape index (κ2) is 8.55. The molecule has 3 aromatic rings. The molecule has 0 aromatic heterocycles. The normalized spacial score (nSPS) is 11.0. The molecule has 0 aliphatic carbocycles. The van der Waals surface area contributed by atoms with E-state index in [0.717, 1.165) is 5.56 Å². The molecule has 3 rings (SSSR count). The van der Waals surface area contributed by atoms with E-state index >= 15 is 0 Å². The van der Waals surface area contributed by atoms with Gasteiger partial charge in [-0.05, 0) is 49.4 Å². The molecule has 0 bridgehead atoms. The maximum Gasteiger partial charge on any atom is 0.261 e. The number of hydrogen-bond donors (Lipinski definition) is 2. The second-order valence-electron chi connectivity index (χ2n) is 6.27. The molecule has 0 radical (unpaired) electrons. The highest BCUT2D eigenvalue weighted by molar-refractivity contribution is 7.92. The van der Waals surface area contributed by atoms with Gasteiger partial charge in [-0.2, -0.15) is 0 Å². The van der Waals surface area contributed by atoms with Gasteiger partial charge in [0.25, 0.3) is 15.9 Å². The average molecular weight is 431 g/mol. The van der Waals surface area contributed by atoms with E-state index in [2.05, 4.69) is 10.0 Å². The van der Waals surface area contributed by atoms with Crippen molar-refractivity contribution < 1.29 is 17.9 Å². The predicted octanol–water partition coefficient (Wildman–Crippen LogP) is 4.71. The molecule has 0 saturated heterocycles. The standard InChI is InChI=1S/C21H19ClN2O4S/c1-14-7-10-16(11-8-14)29(26,27)24-15-9-12-18(22)17(13-15)21(25)23-19-5-3-4-6-20(19)28-2/h3-13,24H,1-2H3,(H,23,25). The van der Waals surface area contributed by atoms with Crippen LogP contribution in [-0.4, -0.2) is 21.4 Å². The van der Waals surface area contributed by atoms with Crippen molar-refractivity contribution in [1.29, 1.82) is 0 Å². The first-order valence-electron chi connectivity index (χ1n) is 8.63. The molecule has 0 heterocycles. The minimum atomic E-state index is -3.80. The minimum Gasteiger partial charge on any atom is -0.495 e. The molecule has 0 aliphatic heterocycles. The monoisotopic (exact) mass is 430 g/mol. The maximum absolute atomic E-state index is 12.7. The van der Waals surface area contributed by atoms with Crippen LogP contribution >= 0.6 is 11.6 Å². The summed E-state index contributed by atoms with van der Waals surface area (Å²) in [7, 11) is -2.30. The fourth-order valence-electron chi connectivity index (χ4n) is 2.63. The average Bonchev–Trinajstić information content (AvgIpc) is 2.70. The van der Waals surface area contributed by atoms with Crippen molar-refractivity contribution in [2.75, 3.05) is 17.1 Å². The van der Waals surface area contributed by atoms with Gasteiger partial charge in [-0.15, -0.1) is 0 Å². The van der Waals surface area contributed by atoms with Crippen molar-refractivity contribution in [3.63, 3.8) is 0 Å². The van der Waals surface area contributed by atoms with E-state index in [0.29, 0.717) is 11.4 Å². The number of methoxy groups -OCH3 is 1. The van der Waals surface area contributed by atoms with Gasteiger partial charge in [0.05, 0.1) is 28.3 Å². The lowest BCUT2D eigenvalue weighted by Gasteiger charge is -2.13. The van der Waals surface area contributed by atoms with Crippen LogP contribution in [0.5, 0.6) is 5.75 Å². The van der Waals surface area contributed by atoms with Gasteiger partial charge >= 0.3 is 0 Å². The topological polar surface area (TPSA) is 84.5 Å². The van der Waals surface area contributed by atoms with E-state index in [1.807, 2.05) is 6.92 Å². The number of benzene rings is 3. The van der Waals surface area contributed by atoms with E-state index < -0.39 is 15.9 Å². The molecule has 0 unspecified atom stereocenters. The van der Waals surface area contributed by atoms with Crippen molar-refractivity contribution in [1.82, 2.24) is 0 Å². The summed E-state index contributed by atoms with van der Waals surface area (Å²) in [5.41, 5.74) is 1.77. The zero-order chi connectivity index (χ0) is 21.0. The number of anilines is 2. The number of sulfonamides is 1. The van der Waals surface area contributed by atoms with Gasteiger partial charge in [-0.1, -0.05) is 41.4 Å². The van der Waals surface area contributed by atoms with Crippen LogP contribution in [0.2, 0.25) is 5.02 Å². The molecule has 8 heteroatoms.